The van der Waals surface area contributed by atoms with Gasteiger partial charge in [0.05, 0.1) is 0 Å². The molecule has 0 aliphatic carbocycles. The second-order valence-corrected chi connectivity index (χ2v) is 5.17. The summed E-state index contributed by atoms with van der Waals surface area (Å²) in [5.74, 6) is 1.48. The van der Waals surface area contributed by atoms with Crippen molar-refractivity contribution in [1.82, 2.24) is 10.3 Å². The van der Waals surface area contributed by atoms with Crippen LogP contribution < -0.4 is 5.32 Å². The molecule has 2 heteroatoms. The third kappa shape index (κ3) is 1.98. The molecule has 1 atom stereocenters. The normalized spacial score (nSPS) is 19.6. The second kappa shape index (κ2) is 4.53. The number of H-pyrrole nitrogens is 1. The number of fused-ring (bicyclic) bond motifs is 1. The Morgan fingerprint density at radius 1 is 1.18 bits per heavy atom. The molecule has 0 amide bonds. The summed E-state index contributed by atoms with van der Waals surface area (Å²) < 4.78 is 0. The van der Waals surface area contributed by atoms with Gasteiger partial charge in [0.15, 0.2) is 0 Å². The first-order chi connectivity index (χ1) is 8.36. The fourth-order valence-corrected chi connectivity index (χ4v) is 3.09. The maximum Gasteiger partial charge on any atom is 0.0489 e. The molecule has 1 aromatic carbocycles. The predicted octanol–water partition coefficient (Wildman–Crippen LogP) is 3.27. The maximum atomic E-state index is 3.45. The van der Waals surface area contributed by atoms with Crippen LogP contribution in [0.2, 0.25) is 0 Å². The highest BCUT2D eigenvalue weighted by Crippen LogP contribution is 2.33. The third-order valence-electron chi connectivity index (χ3n) is 4.20. The molecule has 1 aliphatic heterocycles. The van der Waals surface area contributed by atoms with Gasteiger partial charge >= 0.3 is 0 Å². The molecule has 2 aromatic rings. The first-order valence-corrected chi connectivity index (χ1v) is 6.63. The van der Waals surface area contributed by atoms with Crippen molar-refractivity contribution in [2.45, 2.75) is 25.7 Å². The Hall–Kier alpha value is -1.28. The van der Waals surface area contributed by atoms with E-state index in [0.717, 1.165) is 5.92 Å². The summed E-state index contributed by atoms with van der Waals surface area (Å²) in [6.07, 6.45) is 4.65. The van der Waals surface area contributed by atoms with E-state index in [4.69, 9.17) is 0 Å². The van der Waals surface area contributed by atoms with Gasteiger partial charge in [-0.3, -0.25) is 0 Å². The molecular weight excluding hydrogens is 208 g/mol. The number of piperidine rings is 1. The van der Waals surface area contributed by atoms with Gasteiger partial charge in [-0.05, 0) is 54.8 Å². The molecule has 1 unspecified atom stereocenters. The molecule has 2 heterocycles. The molecule has 3 rings (SSSR count). The standard InChI is InChI=1S/C15H20N2/c1-11(12-5-8-16-9-6-12)14-4-2-3-13-7-10-17-15(13)14/h2-4,7,10-12,16-17H,5-6,8-9H2,1H3. The fraction of sp³-hybridized carbons (Fsp3) is 0.467. The Bertz CT molecular complexity index is 494. The highest BCUT2D eigenvalue weighted by molar-refractivity contribution is 5.83. The van der Waals surface area contributed by atoms with Crippen LogP contribution >= 0.6 is 0 Å². The van der Waals surface area contributed by atoms with Gasteiger partial charge in [0.2, 0.25) is 0 Å². The second-order valence-electron chi connectivity index (χ2n) is 5.17. The molecule has 2 N–H and O–H groups in total. The van der Waals surface area contributed by atoms with Gasteiger partial charge in [-0.15, -0.1) is 0 Å². The molecule has 1 saturated heterocycles. The van der Waals surface area contributed by atoms with Crippen LogP contribution in [0.1, 0.15) is 31.2 Å². The molecule has 0 spiro atoms. The van der Waals surface area contributed by atoms with E-state index < -0.39 is 0 Å². The van der Waals surface area contributed by atoms with Crippen LogP contribution in [0.25, 0.3) is 10.9 Å². The number of hydrogen-bond donors (Lipinski definition) is 2. The van der Waals surface area contributed by atoms with Gasteiger partial charge in [-0.2, -0.15) is 0 Å². The fourth-order valence-electron chi connectivity index (χ4n) is 3.09. The molecule has 1 fully saturated rings. The van der Waals surface area contributed by atoms with Crippen molar-refractivity contribution in [3.8, 4) is 0 Å². The van der Waals surface area contributed by atoms with Crippen LogP contribution in [-0.4, -0.2) is 18.1 Å². The summed E-state index contributed by atoms with van der Waals surface area (Å²) in [6.45, 7) is 4.73. The van der Waals surface area contributed by atoms with E-state index in [0.29, 0.717) is 5.92 Å². The molecule has 1 aromatic heterocycles. The summed E-state index contributed by atoms with van der Waals surface area (Å²) in [4.78, 5) is 3.39. The maximum absolute atomic E-state index is 3.45. The summed E-state index contributed by atoms with van der Waals surface area (Å²) in [5.41, 5.74) is 2.82. The van der Waals surface area contributed by atoms with Gasteiger partial charge < -0.3 is 10.3 Å². The topological polar surface area (TPSA) is 27.8 Å². The molecule has 0 saturated carbocycles. The molecule has 2 nitrogen and oxygen atoms in total. The lowest BCUT2D eigenvalue weighted by atomic mass is 9.81. The van der Waals surface area contributed by atoms with Gasteiger partial charge in [-0.25, -0.2) is 0 Å². The largest absolute Gasteiger partial charge is 0.361 e. The average Bonchev–Trinajstić information content (AvgIpc) is 2.87. The van der Waals surface area contributed by atoms with E-state index >= 15 is 0 Å². The van der Waals surface area contributed by atoms with Crippen molar-refractivity contribution in [1.29, 1.82) is 0 Å². The van der Waals surface area contributed by atoms with Crippen molar-refractivity contribution in [2.75, 3.05) is 13.1 Å². The van der Waals surface area contributed by atoms with Gasteiger partial charge in [0.25, 0.3) is 0 Å². The van der Waals surface area contributed by atoms with E-state index in [9.17, 15) is 0 Å². The van der Waals surface area contributed by atoms with Gasteiger partial charge in [0, 0.05) is 11.7 Å². The van der Waals surface area contributed by atoms with Crippen molar-refractivity contribution in [2.24, 2.45) is 5.92 Å². The van der Waals surface area contributed by atoms with Crippen LogP contribution in [0.15, 0.2) is 30.5 Å². The third-order valence-corrected chi connectivity index (χ3v) is 4.20. The molecule has 90 valence electrons. The van der Waals surface area contributed by atoms with Crippen LogP contribution in [0.4, 0.5) is 0 Å². The average molecular weight is 228 g/mol. The molecule has 0 bridgehead atoms. The summed E-state index contributed by atoms with van der Waals surface area (Å²) in [5, 5.41) is 4.78. The van der Waals surface area contributed by atoms with E-state index in [2.05, 4.69) is 41.5 Å². The smallest absolute Gasteiger partial charge is 0.0489 e. The minimum absolute atomic E-state index is 0.652. The first-order valence-electron chi connectivity index (χ1n) is 6.63. The van der Waals surface area contributed by atoms with Crippen molar-refractivity contribution in [3.63, 3.8) is 0 Å². The number of para-hydroxylation sites is 1. The molecular formula is C15H20N2. The number of nitrogens with one attached hydrogen (secondary N) is 2. The van der Waals surface area contributed by atoms with Crippen LogP contribution in [0.3, 0.4) is 0 Å². The Labute approximate surface area is 102 Å². The SMILES string of the molecule is CC(c1cccc2cc[nH]c12)C1CCNCC1. The number of aromatic nitrogens is 1. The van der Waals surface area contributed by atoms with Crippen molar-refractivity contribution in [3.05, 3.63) is 36.0 Å². The minimum atomic E-state index is 0.652. The number of rotatable bonds is 2. The monoisotopic (exact) mass is 228 g/mol. The lowest BCUT2D eigenvalue weighted by Crippen LogP contribution is -2.30. The van der Waals surface area contributed by atoms with E-state index in [1.807, 2.05) is 6.20 Å². The van der Waals surface area contributed by atoms with Gasteiger partial charge in [0.1, 0.15) is 0 Å². The van der Waals surface area contributed by atoms with Crippen molar-refractivity contribution < 1.29 is 0 Å². The van der Waals surface area contributed by atoms with E-state index in [-0.39, 0.29) is 0 Å². The molecule has 0 radical (unpaired) electrons. The van der Waals surface area contributed by atoms with Crippen LogP contribution in [0, 0.1) is 5.92 Å². The highest BCUT2D eigenvalue weighted by atomic mass is 14.9. The predicted molar refractivity (Wildman–Crippen MR) is 72.3 cm³/mol. The van der Waals surface area contributed by atoms with Gasteiger partial charge in [-0.1, -0.05) is 25.1 Å². The minimum Gasteiger partial charge on any atom is -0.361 e. The Kier molecular flexibility index (Phi) is 2.89. The van der Waals surface area contributed by atoms with E-state index in [1.165, 1.54) is 42.4 Å². The Morgan fingerprint density at radius 2 is 2.00 bits per heavy atom. The lowest BCUT2D eigenvalue weighted by Gasteiger charge is -2.28. The lowest BCUT2D eigenvalue weighted by molar-refractivity contribution is 0.331. The summed E-state index contributed by atoms with van der Waals surface area (Å²) in [6, 6.07) is 8.81. The highest BCUT2D eigenvalue weighted by Gasteiger charge is 2.22. The van der Waals surface area contributed by atoms with Crippen molar-refractivity contribution >= 4 is 10.9 Å². The summed E-state index contributed by atoms with van der Waals surface area (Å²) >= 11 is 0. The van der Waals surface area contributed by atoms with E-state index in [1.54, 1.807) is 0 Å². The zero-order valence-corrected chi connectivity index (χ0v) is 10.4. The Morgan fingerprint density at radius 3 is 2.82 bits per heavy atom. The number of benzene rings is 1. The summed E-state index contributed by atoms with van der Waals surface area (Å²) in [7, 11) is 0. The zero-order chi connectivity index (χ0) is 11.7. The molecule has 1 aliphatic rings. The van der Waals surface area contributed by atoms with Crippen LogP contribution in [-0.2, 0) is 0 Å². The van der Waals surface area contributed by atoms with Crippen LogP contribution in [0.5, 0.6) is 0 Å². The zero-order valence-electron chi connectivity index (χ0n) is 10.4. The quantitative estimate of drug-likeness (QED) is 0.811. The Balaban J connectivity index is 1.94. The molecule has 17 heavy (non-hydrogen) atoms. The first kappa shape index (κ1) is 10.8. The number of hydrogen-bond acceptors (Lipinski definition) is 1. The number of aromatic amines is 1.